The number of hydrogen-bond acceptors (Lipinski definition) is 3. The van der Waals surface area contributed by atoms with Gasteiger partial charge in [0.1, 0.15) is 0 Å². The molecule has 0 aromatic carbocycles. The first kappa shape index (κ1) is 12.0. The highest BCUT2D eigenvalue weighted by molar-refractivity contribution is 5.05. The Kier molecular flexibility index (Phi) is 3.56. The summed E-state index contributed by atoms with van der Waals surface area (Å²) < 4.78 is 0. The van der Waals surface area contributed by atoms with Crippen molar-refractivity contribution >= 4 is 0 Å². The molecule has 2 unspecified atom stereocenters. The summed E-state index contributed by atoms with van der Waals surface area (Å²) in [5.74, 6) is 0. The molecule has 14 heavy (non-hydrogen) atoms. The zero-order chi connectivity index (χ0) is 10.8. The first-order chi connectivity index (χ1) is 6.41. The van der Waals surface area contributed by atoms with Crippen LogP contribution in [0, 0.1) is 0 Å². The molecule has 0 aliphatic carbocycles. The van der Waals surface area contributed by atoms with Gasteiger partial charge in [0, 0.05) is 18.6 Å². The second kappa shape index (κ2) is 4.17. The Labute approximate surface area is 87.3 Å². The average Bonchev–Trinajstić information content (AvgIpc) is 2.44. The van der Waals surface area contributed by atoms with E-state index in [0.717, 1.165) is 32.2 Å². The highest BCUT2D eigenvalue weighted by Crippen LogP contribution is 2.33. The lowest BCUT2D eigenvalue weighted by atomic mass is 9.77. The highest BCUT2D eigenvalue weighted by atomic mass is 16.3. The summed E-state index contributed by atoms with van der Waals surface area (Å²) in [5.41, 5.74) is 5.11. The Bertz CT molecular complexity index is 194. The van der Waals surface area contributed by atoms with E-state index in [2.05, 4.69) is 11.8 Å². The maximum atomic E-state index is 10.4. The largest absolute Gasteiger partial charge is 0.387 e. The minimum absolute atomic E-state index is 0.437. The molecule has 1 fully saturated rings. The molecule has 1 heterocycles. The number of unbranched alkanes of at least 4 members (excludes halogenated alkanes) is 1. The van der Waals surface area contributed by atoms with E-state index in [1.54, 1.807) is 0 Å². The molecule has 1 aliphatic heterocycles. The van der Waals surface area contributed by atoms with Crippen LogP contribution in [0.15, 0.2) is 0 Å². The molecule has 1 aliphatic rings. The summed E-state index contributed by atoms with van der Waals surface area (Å²) >= 11 is 0. The Hall–Kier alpha value is -0.120. The maximum absolute atomic E-state index is 10.4. The second-order valence-electron chi connectivity index (χ2n) is 5.04. The fourth-order valence-corrected chi connectivity index (χ4v) is 2.22. The monoisotopic (exact) mass is 200 g/mol. The quantitative estimate of drug-likeness (QED) is 0.710. The van der Waals surface area contributed by atoms with Gasteiger partial charge in [-0.15, -0.1) is 0 Å². The number of aliphatic hydroxyl groups is 1. The molecule has 3 heteroatoms. The van der Waals surface area contributed by atoms with Crippen molar-refractivity contribution in [2.75, 3.05) is 20.1 Å². The van der Waals surface area contributed by atoms with E-state index in [0.29, 0.717) is 6.54 Å². The molecule has 0 aromatic heterocycles. The van der Waals surface area contributed by atoms with E-state index in [4.69, 9.17) is 5.73 Å². The van der Waals surface area contributed by atoms with E-state index in [-0.39, 0.29) is 0 Å². The number of hydrogen-bond donors (Lipinski definition) is 2. The summed E-state index contributed by atoms with van der Waals surface area (Å²) in [7, 11) is 2.04. The van der Waals surface area contributed by atoms with E-state index in [1.807, 2.05) is 14.0 Å². The molecule has 0 spiro atoms. The van der Waals surface area contributed by atoms with E-state index in [1.165, 1.54) is 0 Å². The van der Waals surface area contributed by atoms with Crippen LogP contribution < -0.4 is 5.73 Å². The van der Waals surface area contributed by atoms with Crippen LogP contribution in [0.5, 0.6) is 0 Å². The van der Waals surface area contributed by atoms with E-state index >= 15 is 0 Å². The van der Waals surface area contributed by atoms with Crippen LogP contribution in [-0.4, -0.2) is 41.3 Å². The van der Waals surface area contributed by atoms with E-state index in [9.17, 15) is 5.11 Å². The van der Waals surface area contributed by atoms with Crippen molar-refractivity contribution in [2.45, 2.75) is 50.7 Å². The van der Waals surface area contributed by atoms with Crippen molar-refractivity contribution in [3.05, 3.63) is 0 Å². The van der Waals surface area contributed by atoms with Crippen LogP contribution in [0.3, 0.4) is 0 Å². The van der Waals surface area contributed by atoms with Crippen molar-refractivity contribution in [1.29, 1.82) is 0 Å². The normalized spacial score (nSPS) is 33.2. The Morgan fingerprint density at radius 1 is 1.57 bits per heavy atom. The SMILES string of the molecule is CCCCC(C)(N)C1(O)CCN(C)C1. The van der Waals surface area contributed by atoms with Crippen LogP contribution in [0.4, 0.5) is 0 Å². The molecule has 0 radical (unpaired) electrons. The van der Waals surface area contributed by atoms with Gasteiger partial charge in [-0.3, -0.25) is 0 Å². The number of likely N-dealkylation sites (N-methyl/N-ethyl adjacent to an activating group) is 1. The topological polar surface area (TPSA) is 49.5 Å². The van der Waals surface area contributed by atoms with Gasteiger partial charge < -0.3 is 15.7 Å². The summed E-state index contributed by atoms with van der Waals surface area (Å²) in [5, 5.41) is 10.4. The third-order valence-corrected chi connectivity index (χ3v) is 3.55. The summed E-state index contributed by atoms with van der Waals surface area (Å²) in [4.78, 5) is 2.15. The fourth-order valence-electron chi connectivity index (χ4n) is 2.22. The Balaban J connectivity index is 2.60. The number of nitrogens with two attached hydrogens (primary N) is 1. The molecule has 1 rings (SSSR count). The molecule has 2 atom stereocenters. The van der Waals surface area contributed by atoms with Gasteiger partial charge in [-0.1, -0.05) is 19.8 Å². The lowest BCUT2D eigenvalue weighted by molar-refractivity contribution is -0.0219. The lowest BCUT2D eigenvalue weighted by Crippen LogP contribution is -2.59. The van der Waals surface area contributed by atoms with Gasteiger partial charge >= 0.3 is 0 Å². The number of rotatable bonds is 4. The van der Waals surface area contributed by atoms with Crippen molar-refractivity contribution < 1.29 is 5.11 Å². The highest BCUT2D eigenvalue weighted by Gasteiger charge is 2.47. The van der Waals surface area contributed by atoms with Gasteiger partial charge in [-0.2, -0.15) is 0 Å². The number of likely N-dealkylation sites (tertiary alicyclic amines) is 1. The fraction of sp³-hybridized carbons (Fsp3) is 1.00. The molecule has 0 saturated carbocycles. The second-order valence-corrected chi connectivity index (χ2v) is 5.04. The predicted octanol–water partition coefficient (Wildman–Crippen LogP) is 0.961. The standard InChI is InChI=1S/C11H24N2O/c1-4-5-6-10(2,12)11(14)7-8-13(3)9-11/h14H,4-9,12H2,1-3H3. The molecule has 0 amide bonds. The zero-order valence-corrected chi connectivity index (χ0v) is 9.71. The molecule has 84 valence electrons. The Morgan fingerprint density at radius 2 is 2.21 bits per heavy atom. The molecular weight excluding hydrogens is 176 g/mol. The van der Waals surface area contributed by atoms with Gasteiger partial charge in [0.05, 0.1) is 5.60 Å². The summed E-state index contributed by atoms with van der Waals surface area (Å²) in [6.45, 7) is 5.81. The molecule has 3 nitrogen and oxygen atoms in total. The van der Waals surface area contributed by atoms with Gasteiger partial charge in [0.25, 0.3) is 0 Å². The van der Waals surface area contributed by atoms with E-state index < -0.39 is 11.1 Å². The third kappa shape index (κ3) is 2.27. The van der Waals surface area contributed by atoms with Crippen molar-refractivity contribution in [2.24, 2.45) is 5.73 Å². The van der Waals surface area contributed by atoms with Crippen LogP contribution in [0.2, 0.25) is 0 Å². The first-order valence-corrected chi connectivity index (χ1v) is 5.61. The first-order valence-electron chi connectivity index (χ1n) is 5.61. The van der Waals surface area contributed by atoms with Crippen molar-refractivity contribution in [1.82, 2.24) is 4.90 Å². The van der Waals surface area contributed by atoms with Gasteiger partial charge in [0.2, 0.25) is 0 Å². The molecule has 0 bridgehead atoms. The average molecular weight is 200 g/mol. The third-order valence-electron chi connectivity index (χ3n) is 3.55. The van der Waals surface area contributed by atoms with Crippen LogP contribution in [-0.2, 0) is 0 Å². The predicted molar refractivity (Wildman–Crippen MR) is 59.2 cm³/mol. The van der Waals surface area contributed by atoms with Crippen molar-refractivity contribution in [3.63, 3.8) is 0 Å². The number of nitrogens with zero attached hydrogens (tertiary/aromatic N) is 1. The zero-order valence-electron chi connectivity index (χ0n) is 9.71. The lowest BCUT2D eigenvalue weighted by Gasteiger charge is -2.39. The Morgan fingerprint density at radius 3 is 2.64 bits per heavy atom. The smallest absolute Gasteiger partial charge is 0.0961 e. The van der Waals surface area contributed by atoms with Gasteiger partial charge in [-0.05, 0) is 26.8 Å². The van der Waals surface area contributed by atoms with Crippen LogP contribution in [0.1, 0.15) is 39.5 Å². The molecule has 1 saturated heterocycles. The van der Waals surface area contributed by atoms with Crippen LogP contribution in [0.25, 0.3) is 0 Å². The van der Waals surface area contributed by atoms with Crippen molar-refractivity contribution in [3.8, 4) is 0 Å². The number of β-amino-alcohol motifs (C(OH)–C–C–N with tert-alkyl or cyclic N) is 1. The van der Waals surface area contributed by atoms with Gasteiger partial charge in [0.15, 0.2) is 0 Å². The van der Waals surface area contributed by atoms with Gasteiger partial charge in [-0.25, -0.2) is 0 Å². The molecule has 3 N–H and O–H groups in total. The molecule has 0 aromatic rings. The minimum atomic E-state index is -0.684. The maximum Gasteiger partial charge on any atom is 0.0961 e. The summed E-state index contributed by atoms with van der Waals surface area (Å²) in [6.07, 6.45) is 3.95. The van der Waals surface area contributed by atoms with Crippen LogP contribution >= 0.6 is 0 Å². The summed E-state index contributed by atoms with van der Waals surface area (Å²) in [6, 6.07) is 0. The minimum Gasteiger partial charge on any atom is -0.387 e. The molecular formula is C11H24N2O.